The number of benzene rings is 2. The van der Waals surface area contributed by atoms with Crippen LogP contribution in [0.4, 0.5) is 5.69 Å². The van der Waals surface area contributed by atoms with Crippen molar-refractivity contribution in [3.63, 3.8) is 0 Å². The van der Waals surface area contributed by atoms with E-state index >= 15 is 0 Å². The SMILES string of the molecule is Cc1ccc(C2=C(Nc3cccc(Cl)c3C)C(=O)N(CC(C)C)C2=O)cc1. The molecule has 1 N–H and O–H groups in total. The molecule has 0 saturated carbocycles. The first kappa shape index (κ1) is 19.2. The van der Waals surface area contributed by atoms with Crippen LogP contribution in [-0.4, -0.2) is 23.3 Å². The van der Waals surface area contributed by atoms with Gasteiger partial charge in [-0.15, -0.1) is 0 Å². The molecule has 1 aliphatic rings. The highest BCUT2D eigenvalue weighted by molar-refractivity contribution is 6.36. The maximum atomic E-state index is 13.1. The van der Waals surface area contributed by atoms with Crippen molar-refractivity contribution in [3.8, 4) is 0 Å². The fraction of sp³-hybridized carbons (Fsp3) is 0.273. The number of carbonyl (C=O) groups is 2. The van der Waals surface area contributed by atoms with Gasteiger partial charge in [0.05, 0.1) is 5.57 Å². The van der Waals surface area contributed by atoms with Crippen LogP contribution in [-0.2, 0) is 9.59 Å². The number of nitrogens with zero attached hydrogens (tertiary/aromatic N) is 1. The van der Waals surface area contributed by atoms with Gasteiger partial charge in [-0.25, -0.2) is 0 Å². The van der Waals surface area contributed by atoms with Gasteiger partial charge in [0.25, 0.3) is 11.8 Å². The molecule has 0 aromatic heterocycles. The molecule has 4 nitrogen and oxygen atoms in total. The maximum Gasteiger partial charge on any atom is 0.278 e. The highest BCUT2D eigenvalue weighted by Gasteiger charge is 2.39. The molecular weight excluding hydrogens is 360 g/mol. The molecule has 0 atom stereocenters. The van der Waals surface area contributed by atoms with E-state index in [0.29, 0.717) is 22.8 Å². The minimum Gasteiger partial charge on any atom is -0.350 e. The van der Waals surface area contributed by atoms with E-state index in [1.807, 2.05) is 64.1 Å². The molecule has 1 aliphatic heterocycles. The maximum absolute atomic E-state index is 13.1. The van der Waals surface area contributed by atoms with Gasteiger partial charge in [0.15, 0.2) is 0 Å². The van der Waals surface area contributed by atoms with Gasteiger partial charge in [0, 0.05) is 17.3 Å². The lowest BCUT2D eigenvalue weighted by molar-refractivity contribution is -0.137. The van der Waals surface area contributed by atoms with E-state index in [0.717, 1.165) is 22.4 Å². The van der Waals surface area contributed by atoms with E-state index < -0.39 is 0 Å². The van der Waals surface area contributed by atoms with Crippen LogP contribution in [0.5, 0.6) is 0 Å². The van der Waals surface area contributed by atoms with E-state index in [2.05, 4.69) is 5.32 Å². The molecule has 2 amide bonds. The molecule has 0 unspecified atom stereocenters. The Morgan fingerprint density at radius 3 is 2.30 bits per heavy atom. The van der Waals surface area contributed by atoms with Gasteiger partial charge < -0.3 is 5.32 Å². The molecule has 0 aliphatic carbocycles. The predicted octanol–water partition coefficient (Wildman–Crippen LogP) is 4.80. The van der Waals surface area contributed by atoms with Crippen LogP contribution in [0.15, 0.2) is 48.2 Å². The lowest BCUT2D eigenvalue weighted by Gasteiger charge is -2.17. The number of aryl methyl sites for hydroxylation is 1. The predicted molar refractivity (Wildman–Crippen MR) is 109 cm³/mol. The Hall–Kier alpha value is -2.59. The number of nitrogens with one attached hydrogen (secondary N) is 1. The average Bonchev–Trinajstić information content (AvgIpc) is 2.84. The molecule has 2 aromatic rings. The van der Waals surface area contributed by atoms with E-state index in [1.54, 1.807) is 6.07 Å². The standard InChI is InChI=1S/C22H23ClN2O2/c1-13(2)12-25-21(26)19(16-10-8-14(3)9-11-16)20(22(25)27)24-18-7-5-6-17(23)15(18)4/h5-11,13,24H,12H2,1-4H3. The van der Waals surface area contributed by atoms with Crippen molar-refractivity contribution >= 4 is 34.7 Å². The summed E-state index contributed by atoms with van der Waals surface area (Å²) in [5.41, 5.74) is 4.07. The number of amides is 2. The van der Waals surface area contributed by atoms with Crippen molar-refractivity contribution in [3.05, 3.63) is 69.9 Å². The van der Waals surface area contributed by atoms with Crippen LogP contribution >= 0.6 is 11.6 Å². The zero-order chi connectivity index (χ0) is 19.7. The summed E-state index contributed by atoms with van der Waals surface area (Å²) in [6, 6.07) is 13.1. The van der Waals surface area contributed by atoms with Crippen molar-refractivity contribution in [2.45, 2.75) is 27.7 Å². The lowest BCUT2D eigenvalue weighted by atomic mass is 10.0. The van der Waals surface area contributed by atoms with Crippen molar-refractivity contribution in [1.29, 1.82) is 0 Å². The van der Waals surface area contributed by atoms with Crippen LogP contribution in [0.3, 0.4) is 0 Å². The molecule has 0 spiro atoms. The zero-order valence-electron chi connectivity index (χ0n) is 16.0. The Morgan fingerprint density at radius 2 is 1.67 bits per heavy atom. The van der Waals surface area contributed by atoms with E-state index in [1.165, 1.54) is 4.90 Å². The average molecular weight is 383 g/mol. The minimum atomic E-state index is -0.302. The van der Waals surface area contributed by atoms with Gasteiger partial charge in [-0.3, -0.25) is 14.5 Å². The highest BCUT2D eigenvalue weighted by atomic mass is 35.5. The third kappa shape index (κ3) is 3.76. The molecule has 27 heavy (non-hydrogen) atoms. The molecule has 0 saturated heterocycles. The van der Waals surface area contributed by atoms with Crippen LogP contribution < -0.4 is 5.32 Å². The van der Waals surface area contributed by atoms with Gasteiger partial charge in [-0.2, -0.15) is 0 Å². The lowest BCUT2D eigenvalue weighted by Crippen LogP contribution is -2.35. The second kappa shape index (κ2) is 7.57. The largest absolute Gasteiger partial charge is 0.350 e. The smallest absolute Gasteiger partial charge is 0.278 e. The van der Waals surface area contributed by atoms with Crippen LogP contribution in [0.25, 0.3) is 5.57 Å². The van der Waals surface area contributed by atoms with Crippen molar-refractivity contribution in [1.82, 2.24) is 4.90 Å². The van der Waals surface area contributed by atoms with E-state index in [-0.39, 0.29) is 17.7 Å². The topological polar surface area (TPSA) is 49.4 Å². The summed E-state index contributed by atoms with van der Waals surface area (Å²) >= 11 is 6.21. The molecule has 140 valence electrons. The summed E-state index contributed by atoms with van der Waals surface area (Å²) in [6.45, 7) is 8.22. The summed E-state index contributed by atoms with van der Waals surface area (Å²) in [6.07, 6.45) is 0. The third-order valence-electron chi connectivity index (χ3n) is 4.58. The summed E-state index contributed by atoms with van der Waals surface area (Å²) in [5, 5.41) is 3.78. The number of anilines is 1. The second-order valence-corrected chi connectivity index (χ2v) is 7.68. The van der Waals surface area contributed by atoms with Crippen LogP contribution in [0.2, 0.25) is 5.02 Å². The minimum absolute atomic E-state index is 0.185. The second-order valence-electron chi connectivity index (χ2n) is 7.27. The van der Waals surface area contributed by atoms with Gasteiger partial charge >= 0.3 is 0 Å². The summed E-state index contributed by atoms with van der Waals surface area (Å²) in [5.74, 6) is -0.382. The van der Waals surface area contributed by atoms with E-state index in [9.17, 15) is 9.59 Å². The Morgan fingerprint density at radius 1 is 1.00 bits per heavy atom. The van der Waals surface area contributed by atoms with Gasteiger partial charge in [0.2, 0.25) is 0 Å². The fourth-order valence-corrected chi connectivity index (χ4v) is 3.26. The normalized spacial score (nSPS) is 14.5. The Labute approximate surface area is 164 Å². The van der Waals surface area contributed by atoms with Crippen molar-refractivity contribution in [2.75, 3.05) is 11.9 Å². The Kier molecular flexibility index (Phi) is 5.38. The van der Waals surface area contributed by atoms with Crippen molar-refractivity contribution < 1.29 is 9.59 Å². The molecule has 5 heteroatoms. The fourth-order valence-electron chi connectivity index (χ4n) is 3.09. The number of imide groups is 1. The molecule has 0 fully saturated rings. The van der Waals surface area contributed by atoms with Crippen LogP contribution in [0, 0.1) is 19.8 Å². The first-order chi connectivity index (χ1) is 12.8. The summed E-state index contributed by atoms with van der Waals surface area (Å²) < 4.78 is 0. The van der Waals surface area contributed by atoms with Crippen LogP contribution in [0.1, 0.15) is 30.5 Å². The Balaban J connectivity index is 2.10. The zero-order valence-corrected chi connectivity index (χ0v) is 16.7. The number of carbonyl (C=O) groups excluding carboxylic acids is 2. The molecule has 0 radical (unpaired) electrons. The summed E-state index contributed by atoms with van der Waals surface area (Å²) in [4.78, 5) is 27.4. The summed E-state index contributed by atoms with van der Waals surface area (Å²) in [7, 11) is 0. The molecule has 3 rings (SSSR count). The number of halogens is 1. The number of hydrogen-bond acceptors (Lipinski definition) is 3. The quantitative estimate of drug-likeness (QED) is 0.755. The van der Waals surface area contributed by atoms with Crippen molar-refractivity contribution in [2.24, 2.45) is 5.92 Å². The van der Waals surface area contributed by atoms with Gasteiger partial charge in [-0.1, -0.05) is 61.3 Å². The third-order valence-corrected chi connectivity index (χ3v) is 4.99. The first-order valence-electron chi connectivity index (χ1n) is 8.99. The molecule has 1 heterocycles. The molecular formula is C22H23ClN2O2. The monoisotopic (exact) mass is 382 g/mol. The molecule has 0 bridgehead atoms. The Bertz CT molecular complexity index is 930. The van der Waals surface area contributed by atoms with Gasteiger partial charge in [0.1, 0.15) is 5.70 Å². The van der Waals surface area contributed by atoms with Gasteiger partial charge in [-0.05, 0) is 43.0 Å². The first-order valence-corrected chi connectivity index (χ1v) is 9.37. The number of rotatable bonds is 5. The highest BCUT2D eigenvalue weighted by Crippen LogP contribution is 2.33. The molecule has 2 aromatic carbocycles. The number of hydrogen-bond donors (Lipinski definition) is 1. The van der Waals surface area contributed by atoms with E-state index in [4.69, 9.17) is 11.6 Å².